The van der Waals surface area contributed by atoms with E-state index in [1.165, 1.54) is 4.88 Å². The largest absolute Gasteiger partial charge is 0.347 e. The van der Waals surface area contributed by atoms with Crippen LogP contribution in [0.3, 0.4) is 0 Å². The van der Waals surface area contributed by atoms with Crippen LogP contribution in [0.1, 0.15) is 15.2 Å². The smallest absolute Gasteiger partial charge is 0.252 e. The van der Waals surface area contributed by atoms with E-state index in [-0.39, 0.29) is 5.91 Å². The van der Waals surface area contributed by atoms with Crippen LogP contribution in [-0.2, 0) is 6.54 Å². The Labute approximate surface area is 112 Å². The first-order valence-corrected chi connectivity index (χ1v) is 6.78. The molecule has 0 fully saturated rings. The minimum absolute atomic E-state index is 0.0154. The molecule has 0 aliphatic carbocycles. The lowest BCUT2D eigenvalue weighted by molar-refractivity contribution is 0.0950. The first-order chi connectivity index (χ1) is 7.77. The highest BCUT2D eigenvalue weighted by Crippen LogP contribution is 2.12. The van der Waals surface area contributed by atoms with E-state index in [4.69, 9.17) is 0 Å². The minimum atomic E-state index is -0.0154. The van der Waals surface area contributed by atoms with Gasteiger partial charge in [-0.1, -0.05) is 18.2 Å². The molecule has 2 aromatic rings. The third kappa shape index (κ3) is 2.82. The zero-order chi connectivity index (χ0) is 11.4. The van der Waals surface area contributed by atoms with Gasteiger partial charge in [0.2, 0.25) is 0 Å². The minimum Gasteiger partial charge on any atom is -0.347 e. The Balaban J connectivity index is 2.01. The summed E-state index contributed by atoms with van der Waals surface area (Å²) in [5.74, 6) is -0.0154. The summed E-state index contributed by atoms with van der Waals surface area (Å²) in [6.45, 7) is 0.599. The number of amides is 1. The molecule has 0 atom stereocenters. The highest BCUT2D eigenvalue weighted by atomic mass is 127. The fourth-order valence-electron chi connectivity index (χ4n) is 1.32. The highest BCUT2D eigenvalue weighted by molar-refractivity contribution is 14.1. The van der Waals surface area contributed by atoms with Gasteiger partial charge >= 0.3 is 0 Å². The second-order valence-corrected chi connectivity index (χ2v) is 5.44. The van der Waals surface area contributed by atoms with Gasteiger partial charge in [0.25, 0.3) is 5.91 Å². The number of carbonyl (C=O) groups is 1. The average Bonchev–Trinajstić information content (AvgIpc) is 2.79. The summed E-state index contributed by atoms with van der Waals surface area (Å²) in [5.41, 5.74) is 0.736. The van der Waals surface area contributed by atoms with Gasteiger partial charge in [-0.25, -0.2) is 0 Å². The van der Waals surface area contributed by atoms with Gasteiger partial charge in [0.15, 0.2) is 0 Å². The van der Waals surface area contributed by atoms with E-state index < -0.39 is 0 Å². The molecule has 82 valence electrons. The molecule has 16 heavy (non-hydrogen) atoms. The summed E-state index contributed by atoms with van der Waals surface area (Å²) in [5, 5.41) is 4.92. The number of hydrogen-bond donors (Lipinski definition) is 1. The normalized spacial score (nSPS) is 10.1. The fourth-order valence-corrected chi connectivity index (χ4v) is 2.60. The SMILES string of the molecule is O=C(NCc1cccs1)c1ccccc1I. The molecule has 0 saturated heterocycles. The zero-order valence-corrected chi connectivity index (χ0v) is 11.4. The quantitative estimate of drug-likeness (QED) is 0.852. The standard InChI is InChI=1S/C12H10INOS/c13-11-6-2-1-5-10(11)12(15)14-8-9-4-3-7-16-9/h1-7H,8H2,(H,14,15). The molecular weight excluding hydrogens is 333 g/mol. The Morgan fingerprint density at radius 1 is 1.25 bits per heavy atom. The molecule has 0 unspecified atom stereocenters. The Kier molecular flexibility index (Phi) is 3.95. The summed E-state index contributed by atoms with van der Waals surface area (Å²) in [6.07, 6.45) is 0. The predicted octanol–water partition coefficient (Wildman–Crippen LogP) is 3.28. The van der Waals surface area contributed by atoms with Crippen LogP contribution >= 0.6 is 33.9 Å². The Morgan fingerprint density at radius 2 is 2.06 bits per heavy atom. The van der Waals surface area contributed by atoms with Crippen LogP contribution in [-0.4, -0.2) is 5.91 Å². The third-order valence-electron chi connectivity index (χ3n) is 2.12. The van der Waals surface area contributed by atoms with Crippen molar-refractivity contribution in [2.75, 3.05) is 0 Å². The van der Waals surface area contributed by atoms with Gasteiger partial charge in [0.1, 0.15) is 0 Å². The lowest BCUT2D eigenvalue weighted by atomic mass is 10.2. The maximum absolute atomic E-state index is 11.8. The van der Waals surface area contributed by atoms with E-state index in [0.29, 0.717) is 6.54 Å². The van der Waals surface area contributed by atoms with Gasteiger partial charge in [0.05, 0.1) is 12.1 Å². The van der Waals surface area contributed by atoms with Gasteiger partial charge in [-0.2, -0.15) is 0 Å². The topological polar surface area (TPSA) is 29.1 Å². The number of rotatable bonds is 3. The Bertz CT molecular complexity index is 482. The lowest BCUT2D eigenvalue weighted by Crippen LogP contribution is -2.23. The molecule has 0 saturated carbocycles. The molecule has 0 aliphatic rings. The van der Waals surface area contributed by atoms with Crippen molar-refractivity contribution in [1.82, 2.24) is 5.32 Å². The second-order valence-electron chi connectivity index (χ2n) is 3.24. The lowest BCUT2D eigenvalue weighted by Gasteiger charge is -2.05. The number of halogens is 1. The Hall–Kier alpha value is -0.880. The summed E-state index contributed by atoms with van der Waals surface area (Å²) < 4.78 is 0.976. The van der Waals surface area contributed by atoms with E-state index in [1.807, 2.05) is 41.8 Å². The van der Waals surface area contributed by atoms with E-state index in [2.05, 4.69) is 27.9 Å². The number of hydrogen-bond acceptors (Lipinski definition) is 2. The molecule has 1 aromatic heterocycles. The fraction of sp³-hybridized carbons (Fsp3) is 0.0833. The van der Waals surface area contributed by atoms with Crippen molar-refractivity contribution >= 4 is 39.8 Å². The van der Waals surface area contributed by atoms with Crippen molar-refractivity contribution in [2.24, 2.45) is 0 Å². The first kappa shape index (κ1) is 11.6. The molecule has 2 nitrogen and oxygen atoms in total. The maximum Gasteiger partial charge on any atom is 0.252 e. The molecule has 0 spiro atoms. The molecule has 1 heterocycles. The van der Waals surface area contributed by atoms with Crippen LogP contribution in [0.2, 0.25) is 0 Å². The summed E-state index contributed by atoms with van der Waals surface area (Å²) >= 11 is 3.82. The van der Waals surface area contributed by atoms with E-state index in [9.17, 15) is 4.79 Å². The summed E-state index contributed by atoms with van der Waals surface area (Å²) in [6, 6.07) is 11.6. The zero-order valence-electron chi connectivity index (χ0n) is 8.44. The number of carbonyl (C=O) groups excluding carboxylic acids is 1. The van der Waals surface area contributed by atoms with Crippen LogP contribution in [0, 0.1) is 3.57 Å². The summed E-state index contributed by atoms with van der Waals surface area (Å²) in [7, 11) is 0. The van der Waals surface area contributed by atoms with E-state index in [0.717, 1.165) is 9.13 Å². The monoisotopic (exact) mass is 343 g/mol. The van der Waals surface area contributed by atoms with Gasteiger partial charge < -0.3 is 5.32 Å². The molecule has 4 heteroatoms. The van der Waals surface area contributed by atoms with E-state index in [1.54, 1.807) is 11.3 Å². The van der Waals surface area contributed by atoms with Crippen molar-refractivity contribution in [3.8, 4) is 0 Å². The van der Waals surface area contributed by atoms with Crippen molar-refractivity contribution < 1.29 is 4.79 Å². The van der Waals surface area contributed by atoms with Crippen LogP contribution in [0.25, 0.3) is 0 Å². The number of nitrogens with one attached hydrogen (secondary N) is 1. The van der Waals surface area contributed by atoms with Crippen LogP contribution in [0.5, 0.6) is 0 Å². The molecule has 1 N–H and O–H groups in total. The average molecular weight is 343 g/mol. The molecule has 2 rings (SSSR count). The molecule has 0 bridgehead atoms. The summed E-state index contributed by atoms with van der Waals surface area (Å²) in [4.78, 5) is 13.0. The van der Waals surface area contributed by atoms with Gasteiger partial charge in [-0.05, 0) is 46.2 Å². The van der Waals surface area contributed by atoms with Gasteiger partial charge in [-0.15, -0.1) is 11.3 Å². The first-order valence-electron chi connectivity index (χ1n) is 4.82. The Morgan fingerprint density at radius 3 is 2.75 bits per heavy atom. The maximum atomic E-state index is 11.8. The highest BCUT2D eigenvalue weighted by Gasteiger charge is 2.08. The second kappa shape index (κ2) is 5.45. The predicted molar refractivity (Wildman–Crippen MR) is 74.6 cm³/mol. The molecule has 1 aromatic carbocycles. The van der Waals surface area contributed by atoms with Gasteiger partial charge in [-0.3, -0.25) is 4.79 Å². The van der Waals surface area contributed by atoms with Crippen molar-refractivity contribution in [1.29, 1.82) is 0 Å². The van der Waals surface area contributed by atoms with Crippen LogP contribution in [0.15, 0.2) is 41.8 Å². The number of thiophene rings is 1. The number of benzene rings is 1. The van der Waals surface area contributed by atoms with Crippen molar-refractivity contribution in [3.05, 3.63) is 55.8 Å². The van der Waals surface area contributed by atoms with Crippen LogP contribution in [0.4, 0.5) is 0 Å². The van der Waals surface area contributed by atoms with Crippen molar-refractivity contribution in [3.63, 3.8) is 0 Å². The molecule has 0 aliphatic heterocycles. The third-order valence-corrected chi connectivity index (χ3v) is 3.94. The van der Waals surface area contributed by atoms with E-state index >= 15 is 0 Å². The molecule has 1 amide bonds. The van der Waals surface area contributed by atoms with Gasteiger partial charge in [0, 0.05) is 8.45 Å². The van der Waals surface area contributed by atoms with Crippen molar-refractivity contribution in [2.45, 2.75) is 6.54 Å². The van der Waals surface area contributed by atoms with Crippen LogP contribution < -0.4 is 5.32 Å². The molecule has 0 radical (unpaired) electrons. The molecular formula is C12H10INOS.